The van der Waals surface area contributed by atoms with Crippen LogP contribution in [0.5, 0.6) is 0 Å². The highest BCUT2D eigenvalue weighted by Gasteiger charge is 2.61. The van der Waals surface area contributed by atoms with Crippen molar-refractivity contribution in [3.63, 3.8) is 0 Å². The van der Waals surface area contributed by atoms with Gasteiger partial charge < -0.3 is 5.73 Å². The number of hydrogen-bond donors (Lipinski definition) is 1. The summed E-state index contributed by atoms with van der Waals surface area (Å²) in [7, 11) is 0. The summed E-state index contributed by atoms with van der Waals surface area (Å²) in [5.74, 6) is 1.81. The molecule has 0 saturated heterocycles. The molecule has 86 valence electrons. The van der Waals surface area contributed by atoms with Crippen molar-refractivity contribution in [2.75, 3.05) is 0 Å². The van der Waals surface area contributed by atoms with E-state index in [4.69, 9.17) is 5.73 Å². The van der Waals surface area contributed by atoms with Gasteiger partial charge in [0.25, 0.3) is 0 Å². The van der Waals surface area contributed by atoms with E-state index in [1.807, 2.05) is 0 Å². The van der Waals surface area contributed by atoms with E-state index in [2.05, 4.69) is 13.8 Å². The summed E-state index contributed by atoms with van der Waals surface area (Å²) in [6, 6.07) is 0.516. The second kappa shape index (κ2) is 3.00. The third-order valence-corrected chi connectivity index (χ3v) is 6.26. The van der Waals surface area contributed by atoms with Crippen LogP contribution in [0, 0.1) is 22.7 Å². The Kier molecular flexibility index (Phi) is 2.03. The number of nitrogens with two attached hydrogens (primary N) is 1. The van der Waals surface area contributed by atoms with E-state index in [9.17, 15) is 0 Å². The molecule has 4 aliphatic rings. The molecule has 2 bridgehead atoms. The van der Waals surface area contributed by atoms with Gasteiger partial charge in [-0.15, -0.1) is 0 Å². The van der Waals surface area contributed by atoms with Gasteiger partial charge in [0.05, 0.1) is 0 Å². The van der Waals surface area contributed by atoms with Gasteiger partial charge in [0.1, 0.15) is 0 Å². The van der Waals surface area contributed by atoms with Crippen LogP contribution in [0.25, 0.3) is 0 Å². The van der Waals surface area contributed by atoms with E-state index in [0.29, 0.717) is 16.9 Å². The van der Waals surface area contributed by atoms with Crippen molar-refractivity contribution in [2.45, 2.75) is 64.8 Å². The molecule has 4 aliphatic carbocycles. The molecule has 2 atom stereocenters. The van der Waals surface area contributed by atoms with Crippen molar-refractivity contribution >= 4 is 0 Å². The molecule has 0 aromatic heterocycles. The minimum atomic E-state index is 0.510. The lowest BCUT2D eigenvalue weighted by Gasteiger charge is -2.60. The molecule has 1 heteroatoms. The zero-order chi connectivity index (χ0) is 10.7. The SMILES string of the molecule is CC1(C)CCCC12C1CCC(CC1)C2N. The zero-order valence-corrected chi connectivity index (χ0v) is 10.3. The minimum absolute atomic E-state index is 0.510. The van der Waals surface area contributed by atoms with Gasteiger partial charge in [-0.2, -0.15) is 0 Å². The van der Waals surface area contributed by atoms with Crippen LogP contribution in [0.4, 0.5) is 0 Å². The van der Waals surface area contributed by atoms with Gasteiger partial charge in [-0.05, 0) is 61.2 Å². The number of hydrogen-bond acceptors (Lipinski definition) is 1. The Hall–Kier alpha value is -0.0400. The zero-order valence-electron chi connectivity index (χ0n) is 10.3. The quantitative estimate of drug-likeness (QED) is 0.648. The second-order valence-electron chi connectivity index (χ2n) is 6.92. The van der Waals surface area contributed by atoms with Gasteiger partial charge >= 0.3 is 0 Å². The third-order valence-electron chi connectivity index (χ3n) is 6.26. The Balaban J connectivity index is 2.03. The lowest BCUT2D eigenvalue weighted by molar-refractivity contribution is -0.0868. The van der Waals surface area contributed by atoms with E-state index in [-0.39, 0.29) is 0 Å². The smallest absolute Gasteiger partial charge is 0.0132 e. The molecule has 2 N–H and O–H groups in total. The number of fused-ring (bicyclic) bond motifs is 2. The molecule has 15 heavy (non-hydrogen) atoms. The highest BCUT2D eigenvalue weighted by atomic mass is 14.8. The van der Waals surface area contributed by atoms with Gasteiger partial charge in [-0.3, -0.25) is 0 Å². The molecule has 1 nitrogen and oxygen atoms in total. The van der Waals surface area contributed by atoms with Crippen molar-refractivity contribution in [2.24, 2.45) is 28.4 Å². The van der Waals surface area contributed by atoms with Gasteiger partial charge in [0, 0.05) is 6.04 Å². The molecular formula is C14H25N. The molecular weight excluding hydrogens is 182 g/mol. The molecule has 0 radical (unpaired) electrons. The molecule has 0 aromatic rings. The highest BCUT2D eigenvalue weighted by Crippen LogP contribution is 2.66. The molecule has 0 aliphatic heterocycles. The van der Waals surface area contributed by atoms with Gasteiger partial charge in [0.2, 0.25) is 0 Å². The maximum absolute atomic E-state index is 6.64. The molecule has 4 fully saturated rings. The fourth-order valence-corrected chi connectivity index (χ4v) is 5.45. The van der Waals surface area contributed by atoms with Crippen molar-refractivity contribution in [1.29, 1.82) is 0 Å². The molecule has 2 unspecified atom stereocenters. The van der Waals surface area contributed by atoms with Crippen molar-refractivity contribution < 1.29 is 0 Å². The standard InChI is InChI=1S/C14H25N/c1-13(2)8-3-9-14(13)11-6-4-10(5-7-11)12(14)15/h10-12H,3-9,15H2,1-2H3. The topological polar surface area (TPSA) is 26.0 Å². The van der Waals surface area contributed by atoms with Crippen LogP contribution in [0.3, 0.4) is 0 Å². The Bertz CT molecular complexity index is 259. The van der Waals surface area contributed by atoms with E-state index in [1.165, 1.54) is 44.9 Å². The van der Waals surface area contributed by atoms with Crippen molar-refractivity contribution in [3.8, 4) is 0 Å². The average molecular weight is 207 g/mol. The molecule has 1 spiro atoms. The first kappa shape index (κ1) is 10.1. The molecule has 0 amide bonds. The van der Waals surface area contributed by atoms with Crippen LogP contribution in [-0.4, -0.2) is 6.04 Å². The number of rotatable bonds is 0. The Morgan fingerprint density at radius 1 is 1.00 bits per heavy atom. The lowest BCUT2D eigenvalue weighted by atomic mass is 9.46. The average Bonchev–Trinajstić information content (AvgIpc) is 2.52. The summed E-state index contributed by atoms with van der Waals surface area (Å²) in [6.45, 7) is 4.97. The van der Waals surface area contributed by atoms with Crippen LogP contribution < -0.4 is 5.73 Å². The molecule has 4 rings (SSSR count). The molecule has 0 aromatic carbocycles. The summed E-state index contributed by atoms with van der Waals surface area (Å²) < 4.78 is 0. The van der Waals surface area contributed by atoms with Crippen LogP contribution in [0.1, 0.15) is 58.8 Å². The first-order valence-corrected chi connectivity index (χ1v) is 6.83. The van der Waals surface area contributed by atoms with Gasteiger partial charge in [0.15, 0.2) is 0 Å². The fourth-order valence-electron chi connectivity index (χ4n) is 5.45. The van der Waals surface area contributed by atoms with Crippen LogP contribution in [0.2, 0.25) is 0 Å². The van der Waals surface area contributed by atoms with Crippen LogP contribution in [-0.2, 0) is 0 Å². The molecule has 4 saturated carbocycles. The van der Waals surface area contributed by atoms with Crippen molar-refractivity contribution in [1.82, 2.24) is 0 Å². The monoisotopic (exact) mass is 207 g/mol. The maximum atomic E-state index is 6.64. The summed E-state index contributed by atoms with van der Waals surface area (Å²) in [5.41, 5.74) is 7.67. The highest BCUT2D eigenvalue weighted by molar-refractivity contribution is 5.13. The minimum Gasteiger partial charge on any atom is -0.327 e. The summed E-state index contributed by atoms with van der Waals surface area (Å²) in [6.07, 6.45) is 10.0. The first-order chi connectivity index (χ1) is 7.08. The normalized spacial score (nSPS) is 52.6. The molecule has 0 heterocycles. The largest absolute Gasteiger partial charge is 0.327 e. The van der Waals surface area contributed by atoms with Crippen LogP contribution in [0.15, 0.2) is 0 Å². The van der Waals surface area contributed by atoms with E-state index in [1.54, 1.807) is 0 Å². The fraction of sp³-hybridized carbons (Fsp3) is 1.00. The summed E-state index contributed by atoms with van der Waals surface area (Å²) in [4.78, 5) is 0. The predicted octanol–water partition coefficient (Wildman–Crippen LogP) is 3.33. The maximum Gasteiger partial charge on any atom is 0.0132 e. The Labute approximate surface area is 93.8 Å². The first-order valence-electron chi connectivity index (χ1n) is 6.83. The van der Waals surface area contributed by atoms with Gasteiger partial charge in [-0.1, -0.05) is 20.3 Å². The summed E-state index contributed by atoms with van der Waals surface area (Å²) in [5, 5.41) is 0. The van der Waals surface area contributed by atoms with Crippen molar-refractivity contribution in [3.05, 3.63) is 0 Å². The lowest BCUT2D eigenvalue weighted by Crippen LogP contribution is -2.61. The Morgan fingerprint density at radius 2 is 1.67 bits per heavy atom. The predicted molar refractivity (Wildman–Crippen MR) is 63.5 cm³/mol. The summed E-state index contributed by atoms with van der Waals surface area (Å²) >= 11 is 0. The second-order valence-corrected chi connectivity index (χ2v) is 6.92. The van der Waals surface area contributed by atoms with E-state index >= 15 is 0 Å². The van der Waals surface area contributed by atoms with E-state index in [0.717, 1.165) is 11.8 Å². The van der Waals surface area contributed by atoms with Gasteiger partial charge in [-0.25, -0.2) is 0 Å². The van der Waals surface area contributed by atoms with Crippen LogP contribution >= 0.6 is 0 Å². The Morgan fingerprint density at radius 3 is 2.13 bits per heavy atom. The third kappa shape index (κ3) is 1.08. The van der Waals surface area contributed by atoms with E-state index < -0.39 is 0 Å².